The molecule has 2 aromatic carbocycles. The summed E-state index contributed by atoms with van der Waals surface area (Å²) in [5, 5.41) is 12.9. The number of nitrogen functional groups attached to an aromatic ring is 1. The fourth-order valence-electron chi connectivity index (χ4n) is 2.86. The minimum atomic E-state index is -0.357. The van der Waals surface area contributed by atoms with E-state index in [2.05, 4.69) is 25.8 Å². The molecule has 9 heteroatoms. The Bertz CT molecular complexity index is 1230. The molecular weight excluding hydrogens is 384 g/mol. The van der Waals surface area contributed by atoms with E-state index >= 15 is 0 Å². The number of benzene rings is 2. The van der Waals surface area contributed by atoms with Crippen LogP contribution in [-0.2, 0) is 0 Å². The van der Waals surface area contributed by atoms with Crippen molar-refractivity contribution in [3.63, 3.8) is 0 Å². The van der Waals surface area contributed by atoms with Gasteiger partial charge in [0.25, 0.3) is 11.8 Å². The van der Waals surface area contributed by atoms with Gasteiger partial charge in [-0.1, -0.05) is 0 Å². The van der Waals surface area contributed by atoms with Crippen molar-refractivity contribution in [2.24, 2.45) is 0 Å². The second-order valence-electron chi connectivity index (χ2n) is 6.41. The summed E-state index contributed by atoms with van der Waals surface area (Å²) in [7, 11) is 1.53. The quantitative estimate of drug-likeness (QED) is 0.379. The molecule has 0 fully saturated rings. The van der Waals surface area contributed by atoms with E-state index in [9.17, 15) is 9.59 Å². The lowest BCUT2D eigenvalue weighted by Gasteiger charge is -2.08. The summed E-state index contributed by atoms with van der Waals surface area (Å²) in [6.07, 6.45) is 1.50. The van der Waals surface area contributed by atoms with Gasteiger partial charge in [0.2, 0.25) is 0 Å². The molecule has 0 aliphatic rings. The van der Waals surface area contributed by atoms with Gasteiger partial charge in [0.15, 0.2) is 5.69 Å². The van der Waals surface area contributed by atoms with Gasteiger partial charge in [-0.15, -0.1) is 0 Å². The number of anilines is 2. The van der Waals surface area contributed by atoms with E-state index < -0.39 is 0 Å². The Morgan fingerprint density at radius 3 is 2.57 bits per heavy atom. The largest absolute Gasteiger partial charge is 0.457 e. The van der Waals surface area contributed by atoms with Gasteiger partial charge in [-0.05, 0) is 48.5 Å². The zero-order valence-electron chi connectivity index (χ0n) is 16.0. The number of amides is 2. The normalized spacial score (nSPS) is 10.6. The molecule has 0 radical (unpaired) electrons. The summed E-state index contributed by atoms with van der Waals surface area (Å²) in [5.74, 6) is 0.358. The van der Waals surface area contributed by atoms with Gasteiger partial charge in [0, 0.05) is 36.1 Å². The number of ether oxygens (including phenoxy) is 1. The van der Waals surface area contributed by atoms with Crippen LogP contribution in [0.5, 0.6) is 11.5 Å². The summed E-state index contributed by atoms with van der Waals surface area (Å²) in [6.45, 7) is 0. The highest BCUT2D eigenvalue weighted by Gasteiger charge is 2.15. The molecule has 0 bridgehead atoms. The van der Waals surface area contributed by atoms with E-state index in [0.717, 1.165) is 5.52 Å². The van der Waals surface area contributed by atoms with Crippen LogP contribution in [0.1, 0.15) is 21.0 Å². The first-order valence-electron chi connectivity index (χ1n) is 9.04. The third-order valence-corrected chi connectivity index (χ3v) is 4.34. The number of fused-ring (bicyclic) bond motifs is 1. The zero-order valence-corrected chi connectivity index (χ0v) is 16.0. The number of nitrogens with zero attached hydrogens (tertiary/aromatic N) is 2. The summed E-state index contributed by atoms with van der Waals surface area (Å²) in [6, 6.07) is 15.2. The van der Waals surface area contributed by atoms with Gasteiger partial charge in [0.1, 0.15) is 17.2 Å². The van der Waals surface area contributed by atoms with Crippen LogP contribution in [0, 0.1) is 0 Å². The van der Waals surface area contributed by atoms with Crippen molar-refractivity contribution in [1.82, 2.24) is 20.5 Å². The molecule has 30 heavy (non-hydrogen) atoms. The van der Waals surface area contributed by atoms with E-state index in [-0.39, 0.29) is 23.2 Å². The third kappa shape index (κ3) is 3.90. The maximum absolute atomic E-state index is 12.6. The summed E-state index contributed by atoms with van der Waals surface area (Å²) < 4.78 is 5.75. The fraction of sp³-hybridized carbons (Fsp3) is 0.0476. The van der Waals surface area contributed by atoms with E-state index in [1.807, 2.05) is 0 Å². The predicted octanol–water partition coefficient (Wildman–Crippen LogP) is 2.94. The zero-order chi connectivity index (χ0) is 21.1. The molecule has 0 unspecified atom stereocenters. The number of carbonyl (C=O) groups is 2. The van der Waals surface area contributed by atoms with Crippen molar-refractivity contribution in [2.75, 3.05) is 18.1 Å². The summed E-state index contributed by atoms with van der Waals surface area (Å²) in [5.41, 5.74) is 8.18. The van der Waals surface area contributed by atoms with Gasteiger partial charge in [-0.25, -0.2) is 0 Å². The molecule has 2 heterocycles. The predicted molar refractivity (Wildman–Crippen MR) is 113 cm³/mol. The average Bonchev–Trinajstić information content (AvgIpc) is 3.18. The number of H-pyrrole nitrogens is 1. The molecule has 9 nitrogen and oxygen atoms in total. The van der Waals surface area contributed by atoms with Crippen molar-refractivity contribution in [1.29, 1.82) is 0 Å². The van der Waals surface area contributed by atoms with Crippen LogP contribution < -0.4 is 21.1 Å². The standard InChI is InChI=1S/C21H18N6O3/c1-23-20(28)18-11-15(8-9-24-18)30-14-5-3-13(4-6-14)25-21(29)19-16-10-12(22)2-7-17(16)26-27-19/h2-11H,22H2,1H3,(H,23,28)(H,25,29)(H,26,27). The van der Waals surface area contributed by atoms with Crippen LogP contribution in [0.25, 0.3) is 10.9 Å². The van der Waals surface area contributed by atoms with Crippen molar-refractivity contribution in [3.05, 3.63) is 72.2 Å². The highest BCUT2D eigenvalue weighted by atomic mass is 16.5. The maximum Gasteiger partial charge on any atom is 0.276 e. The number of hydrogen-bond acceptors (Lipinski definition) is 6. The lowest BCUT2D eigenvalue weighted by atomic mass is 10.2. The van der Waals surface area contributed by atoms with Gasteiger partial charge in [-0.3, -0.25) is 19.7 Å². The Labute approximate surface area is 171 Å². The van der Waals surface area contributed by atoms with Crippen molar-refractivity contribution in [2.45, 2.75) is 0 Å². The second kappa shape index (κ2) is 7.92. The van der Waals surface area contributed by atoms with Crippen molar-refractivity contribution in [3.8, 4) is 11.5 Å². The van der Waals surface area contributed by atoms with Crippen molar-refractivity contribution >= 4 is 34.1 Å². The Kier molecular flexibility index (Phi) is 5.00. The molecule has 0 saturated heterocycles. The van der Waals surface area contributed by atoms with Crippen LogP contribution in [0.15, 0.2) is 60.8 Å². The lowest BCUT2D eigenvalue weighted by Crippen LogP contribution is -2.18. The smallest absolute Gasteiger partial charge is 0.276 e. The third-order valence-electron chi connectivity index (χ3n) is 4.34. The number of pyridine rings is 1. The number of nitrogens with two attached hydrogens (primary N) is 1. The highest BCUT2D eigenvalue weighted by Crippen LogP contribution is 2.24. The van der Waals surface area contributed by atoms with E-state index in [1.165, 1.54) is 13.2 Å². The van der Waals surface area contributed by atoms with E-state index in [4.69, 9.17) is 10.5 Å². The number of nitrogens with one attached hydrogen (secondary N) is 3. The number of rotatable bonds is 5. The molecule has 2 aromatic heterocycles. The fourth-order valence-corrected chi connectivity index (χ4v) is 2.86. The lowest BCUT2D eigenvalue weighted by molar-refractivity contribution is 0.0957. The molecule has 0 spiro atoms. The Morgan fingerprint density at radius 1 is 1.00 bits per heavy atom. The van der Waals surface area contributed by atoms with E-state index in [0.29, 0.717) is 28.3 Å². The van der Waals surface area contributed by atoms with Gasteiger partial charge in [-0.2, -0.15) is 5.10 Å². The van der Waals surface area contributed by atoms with Crippen LogP contribution in [0.2, 0.25) is 0 Å². The molecule has 0 aliphatic carbocycles. The average molecular weight is 402 g/mol. The summed E-state index contributed by atoms with van der Waals surface area (Å²) in [4.78, 5) is 28.3. The maximum atomic E-state index is 12.6. The first-order chi connectivity index (χ1) is 14.5. The van der Waals surface area contributed by atoms with Gasteiger partial charge >= 0.3 is 0 Å². The minimum Gasteiger partial charge on any atom is -0.457 e. The highest BCUT2D eigenvalue weighted by molar-refractivity contribution is 6.11. The van der Waals surface area contributed by atoms with Gasteiger partial charge < -0.3 is 21.1 Å². The van der Waals surface area contributed by atoms with Crippen LogP contribution in [-0.4, -0.2) is 34.0 Å². The number of aromatic nitrogens is 3. The van der Waals surface area contributed by atoms with E-state index in [1.54, 1.807) is 54.6 Å². The van der Waals surface area contributed by atoms with Crippen LogP contribution in [0.3, 0.4) is 0 Å². The SMILES string of the molecule is CNC(=O)c1cc(Oc2ccc(NC(=O)c3n[nH]c4ccc(N)cc34)cc2)ccn1. The first kappa shape index (κ1) is 18.9. The molecule has 0 saturated carbocycles. The number of carbonyl (C=O) groups excluding carboxylic acids is 2. The summed E-state index contributed by atoms with van der Waals surface area (Å²) >= 11 is 0. The number of hydrogen-bond donors (Lipinski definition) is 4. The molecule has 0 aliphatic heterocycles. The molecular formula is C21H18N6O3. The van der Waals surface area contributed by atoms with Crippen LogP contribution >= 0.6 is 0 Å². The molecule has 150 valence electrons. The molecule has 4 aromatic rings. The van der Waals surface area contributed by atoms with Crippen molar-refractivity contribution < 1.29 is 14.3 Å². The molecule has 4 rings (SSSR count). The Morgan fingerprint density at radius 2 is 1.80 bits per heavy atom. The monoisotopic (exact) mass is 402 g/mol. The molecule has 0 atom stereocenters. The van der Waals surface area contributed by atoms with Crippen LogP contribution in [0.4, 0.5) is 11.4 Å². The van der Waals surface area contributed by atoms with Gasteiger partial charge in [0.05, 0.1) is 5.52 Å². The topological polar surface area (TPSA) is 135 Å². The number of aromatic amines is 1. The second-order valence-corrected chi connectivity index (χ2v) is 6.41. The Hall–Kier alpha value is -4.40. The minimum absolute atomic E-state index is 0.255. The molecule has 5 N–H and O–H groups in total. The molecule has 2 amide bonds. The first-order valence-corrected chi connectivity index (χ1v) is 9.04. The Balaban J connectivity index is 1.46.